The molecular formula is C29H34Cl2N4O11S. The third kappa shape index (κ3) is 12.5. The average molecular weight is 718 g/mol. The van der Waals surface area contributed by atoms with Crippen LogP contribution in [0.25, 0.3) is 11.1 Å². The van der Waals surface area contributed by atoms with Crippen molar-refractivity contribution >= 4 is 45.2 Å². The number of carbonyl (C=O) groups is 2. The number of benzene rings is 1. The zero-order valence-electron chi connectivity index (χ0n) is 25.5. The Morgan fingerprint density at radius 2 is 1.47 bits per heavy atom. The van der Waals surface area contributed by atoms with Crippen molar-refractivity contribution < 1.29 is 46.2 Å². The number of halogens is 2. The molecule has 0 aliphatic rings. The fraction of sp³-hybridized carbons (Fsp3) is 0.414. The van der Waals surface area contributed by atoms with Crippen molar-refractivity contribution in [2.24, 2.45) is 7.05 Å². The van der Waals surface area contributed by atoms with Crippen molar-refractivity contribution in [3.8, 4) is 16.9 Å². The second-order valence-electron chi connectivity index (χ2n) is 9.77. The Balaban J connectivity index is 1.50. The molecule has 1 atom stereocenters. The summed E-state index contributed by atoms with van der Waals surface area (Å²) in [6, 6.07) is 5.28. The Kier molecular flexibility index (Phi) is 15.0. The Bertz CT molecular complexity index is 1650. The van der Waals surface area contributed by atoms with Crippen molar-refractivity contribution in [3.63, 3.8) is 0 Å². The van der Waals surface area contributed by atoms with Crippen LogP contribution in [0, 0.1) is 0 Å². The van der Waals surface area contributed by atoms with Crippen molar-refractivity contribution in [2.75, 3.05) is 59.1 Å². The molecule has 0 fully saturated rings. The number of hydrogen-bond acceptors (Lipinski definition) is 12. The number of aromatic nitrogens is 3. The number of pyridine rings is 1. The molecule has 47 heavy (non-hydrogen) atoms. The molecule has 2 N–H and O–H groups in total. The highest BCUT2D eigenvalue weighted by Gasteiger charge is 2.24. The molecule has 1 aromatic carbocycles. The Morgan fingerprint density at radius 1 is 0.915 bits per heavy atom. The molecule has 0 saturated carbocycles. The standard InChI is InChI=1S/C29H34Cl2N4O11S/c1-35-28(37)25(24(18-33-35)45-13-11-43-9-7-42-8-10-44-12-14-46-47(2,40)41)20-5-3-19(4-6-20)15-23(29(38)39)34-27(36)26-21(30)16-32-17-22(26)31/h3-6,16-18,23H,7-15H2,1-2H3,(H,34,36)(H,38,39). The SMILES string of the molecule is Cn1ncc(OCCOCCOCCOCCOS(C)(=O)=O)c(-c2ccc(CC(NC(=O)c3c(Cl)cncc3Cl)C(=O)O)cc2)c1=O. The van der Waals surface area contributed by atoms with E-state index >= 15 is 0 Å². The van der Waals surface area contributed by atoms with E-state index in [1.54, 1.807) is 24.3 Å². The maximum atomic E-state index is 13.0. The minimum absolute atomic E-state index is 0.0166. The van der Waals surface area contributed by atoms with E-state index in [0.717, 1.165) is 10.9 Å². The lowest BCUT2D eigenvalue weighted by atomic mass is 10.0. The number of carboxylic acid groups (broad SMARTS) is 1. The van der Waals surface area contributed by atoms with Gasteiger partial charge < -0.3 is 29.4 Å². The van der Waals surface area contributed by atoms with E-state index in [0.29, 0.717) is 24.3 Å². The van der Waals surface area contributed by atoms with E-state index in [4.69, 9.17) is 42.1 Å². The van der Waals surface area contributed by atoms with Gasteiger partial charge in [-0.2, -0.15) is 13.5 Å². The monoisotopic (exact) mass is 716 g/mol. The van der Waals surface area contributed by atoms with Gasteiger partial charge in [-0.3, -0.25) is 18.8 Å². The number of aryl methyl sites for hydroxylation is 1. The van der Waals surface area contributed by atoms with Crippen LogP contribution in [0.4, 0.5) is 0 Å². The average Bonchev–Trinajstić information content (AvgIpc) is 3.00. The zero-order valence-corrected chi connectivity index (χ0v) is 27.8. The quantitative estimate of drug-likeness (QED) is 0.127. The van der Waals surface area contributed by atoms with Gasteiger partial charge >= 0.3 is 5.97 Å². The lowest BCUT2D eigenvalue weighted by Crippen LogP contribution is -2.42. The summed E-state index contributed by atoms with van der Waals surface area (Å²) >= 11 is 12.1. The molecule has 0 spiro atoms. The zero-order chi connectivity index (χ0) is 34.4. The second kappa shape index (κ2) is 18.6. The third-order valence-electron chi connectivity index (χ3n) is 6.22. The van der Waals surface area contributed by atoms with E-state index in [1.165, 1.54) is 25.6 Å². The molecule has 1 unspecified atom stereocenters. The summed E-state index contributed by atoms with van der Waals surface area (Å²) in [4.78, 5) is 41.4. The Morgan fingerprint density at radius 3 is 2.02 bits per heavy atom. The fourth-order valence-electron chi connectivity index (χ4n) is 4.00. The number of nitrogens with zero attached hydrogens (tertiary/aromatic N) is 3. The number of nitrogens with one attached hydrogen (secondary N) is 1. The van der Waals surface area contributed by atoms with Crippen LogP contribution < -0.4 is 15.6 Å². The number of carbonyl (C=O) groups excluding carboxylic acids is 1. The summed E-state index contributed by atoms with van der Waals surface area (Å²) < 4.78 is 49.3. The first kappa shape index (κ1) is 37.8. The van der Waals surface area contributed by atoms with Crippen LogP contribution in [0.15, 0.2) is 47.7 Å². The molecule has 2 aromatic heterocycles. The van der Waals surface area contributed by atoms with Gasteiger partial charge in [-0.1, -0.05) is 47.5 Å². The first-order chi connectivity index (χ1) is 22.4. The van der Waals surface area contributed by atoms with Crippen LogP contribution in [-0.2, 0) is 46.8 Å². The van der Waals surface area contributed by atoms with Gasteiger partial charge in [0.15, 0.2) is 5.75 Å². The van der Waals surface area contributed by atoms with E-state index in [2.05, 4.69) is 19.6 Å². The smallest absolute Gasteiger partial charge is 0.326 e. The number of hydrogen-bond donors (Lipinski definition) is 2. The van der Waals surface area contributed by atoms with E-state index in [1.807, 2.05) is 0 Å². The molecule has 0 aliphatic carbocycles. The van der Waals surface area contributed by atoms with Gasteiger partial charge in [-0.05, 0) is 11.1 Å². The molecule has 0 bridgehead atoms. The van der Waals surface area contributed by atoms with Crippen molar-refractivity contribution in [1.29, 1.82) is 0 Å². The largest absolute Gasteiger partial charge is 0.489 e. The van der Waals surface area contributed by atoms with Crippen LogP contribution in [-0.4, -0.2) is 105 Å². The normalized spacial score (nSPS) is 12.1. The van der Waals surface area contributed by atoms with Gasteiger partial charge in [0.2, 0.25) is 0 Å². The van der Waals surface area contributed by atoms with Gasteiger partial charge in [0.25, 0.3) is 21.6 Å². The van der Waals surface area contributed by atoms with Crippen LogP contribution in [0.3, 0.4) is 0 Å². The molecule has 18 heteroatoms. The molecule has 3 aromatic rings. The number of carboxylic acids is 1. The number of amides is 1. The van der Waals surface area contributed by atoms with E-state index < -0.39 is 33.6 Å². The first-order valence-corrected chi connectivity index (χ1v) is 16.6. The van der Waals surface area contributed by atoms with Crippen LogP contribution in [0.5, 0.6) is 5.75 Å². The predicted octanol–water partition coefficient (Wildman–Crippen LogP) is 1.98. The minimum Gasteiger partial charge on any atom is -0.489 e. The Hall–Kier alpha value is -3.64. The highest BCUT2D eigenvalue weighted by atomic mass is 35.5. The summed E-state index contributed by atoms with van der Waals surface area (Å²) in [5.41, 5.74) is 0.853. The highest BCUT2D eigenvalue weighted by molar-refractivity contribution is 7.85. The summed E-state index contributed by atoms with van der Waals surface area (Å²) in [5.74, 6) is -1.79. The molecule has 2 heterocycles. The van der Waals surface area contributed by atoms with Crippen molar-refractivity contribution in [3.05, 3.63) is 74.4 Å². The predicted molar refractivity (Wildman–Crippen MR) is 171 cm³/mol. The maximum Gasteiger partial charge on any atom is 0.326 e. The van der Waals surface area contributed by atoms with Crippen LogP contribution in [0.1, 0.15) is 15.9 Å². The highest BCUT2D eigenvalue weighted by Crippen LogP contribution is 2.27. The lowest BCUT2D eigenvalue weighted by Gasteiger charge is -2.16. The second-order valence-corrected chi connectivity index (χ2v) is 12.2. The van der Waals surface area contributed by atoms with Gasteiger partial charge in [-0.15, -0.1) is 0 Å². The van der Waals surface area contributed by atoms with Crippen LogP contribution >= 0.6 is 23.2 Å². The maximum absolute atomic E-state index is 13.0. The molecule has 256 valence electrons. The topological polar surface area (TPSA) is 194 Å². The molecule has 0 saturated heterocycles. The minimum atomic E-state index is -3.49. The Labute approximate surface area is 280 Å². The summed E-state index contributed by atoms with van der Waals surface area (Å²) in [6.45, 7) is 1.52. The number of aliphatic carboxylic acids is 1. The van der Waals surface area contributed by atoms with Crippen molar-refractivity contribution in [1.82, 2.24) is 20.1 Å². The summed E-state index contributed by atoms with van der Waals surface area (Å²) in [5, 5.41) is 16.2. The van der Waals surface area contributed by atoms with E-state index in [-0.39, 0.29) is 73.0 Å². The molecule has 1 amide bonds. The lowest BCUT2D eigenvalue weighted by molar-refractivity contribution is -0.139. The third-order valence-corrected chi connectivity index (χ3v) is 7.39. The molecular weight excluding hydrogens is 683 g/mol. The molecule has 0 radical (unpaired) electrons. The van der Waals surface area contributed by atoms with Gasteiger partial charge in [0.05, 0.1) is 79.9 Å². The van der Waals surface area contributed by atoms with Crippen molar-refractivity contribution in [2.45, 2.75) is 12.5 Å². The number of rotatable bonds is 20. The first-order valence-electron chi connectivity index (χ1n) is 14.1. The van der Waals surface area contributed by atoms with Gasteiger partial charge in [0.1, 0.15) is 12.6 Å². The fourth-order valence-corrected chi connectivity index (χ4v) is 4.90. The summed E-state index contributed by atoms with van der Waals surface area (Å²) in [6.07, 6.45) is 4.78. The number of ether oxygens (including phenoxy) is 4. The summed E-state index contributed by atoms with van der Waals surface area (Å²) in [7, 11) is -1.98. The van der Waals surface area contributed by atoms with E-state index in [9.17, 15) is 27.9 Å². The molecule has 0 aliphatic heterocycles. The molecule has 3 rings (SSSR count). The van der Waals surface area contributed by atoms with Gasteiger partial charge in [0, 0.05) is 25.9 Å². The molecule has 15 nitrogen and oxygen atoms in total. The van der Waals surface area contributed by atoms with Gasteiger partial charge in [-0.25, -0.2) is 9.48 Å². The van der Waals surface area contributed by atoms with Crippen LogP contribution in [0.2, 0.25) is 10.0 Å².